The minimum absolute atomic E-state index is 0.0122. The minimum Gasteiger partial charge on any atom is -0.353 e. The van der Waals surface area contributed by atoms with Crippen molar-refractivity contribution < 1.29 is 4.79 Å². The summed E-state index contributed by atoms with van der Waals surface area (Å²) in [5.74, 6) is 0.675. The highest BCUT2D eigenvalue weighted by molar-refractivity contribution is 7.16. The predicted molar refractivity (Wildman–Crippen MR) is 95.8 cm³/mol. The number of hydrogen-bond donors (Lipinski definition) is 2. The van der Waals surface area contributed by atoms with Crippen LogP contribution in [0.1, 0.15) is 45.9 Å². The Morgan fingerprint density at radius 1 is 1.26 bits per heavy atom. The maximum atomic E-state index is 12.6. The smallest absolute Gasteiger partial charge is 0.256 e. The van der Waals surface area contributed by atoms with Gasteiger partial charge in [-0.3, -0.25) is 4.79 Å². The van der Waals surface area contributed by atoms with E-state index in [0.29, 0.717) is 16.0 Å². The fraction of sp³-hybridized carbons (Fsp3) is 0.353. The molecule has 2 heterocycles. The van der Waals surface area contributed by atoms with E-state index in [2.05, 4.69) is 17.6 Å². The molecule has 0 bridgehead atoms. The molecule has 6 heteroatoms. The van der Waals surface area contributed by atoms with Crippen molar-refractivity contribution in [2.24, 2.45) is 5.92 Å². The number of amides is 1. The molecule has 2 atom stereocenters. The average Bonchev–Trinajstić information content (AvgIpc) is 2.84. The average molecular weight is 367 g/mol. The second-order valence-corrected chi connectivity index (χ2v) is 8.22. The van der Waals surface area contributed by atoms with E-state index in [0.717, 1.165) is 35.4 Å². The van der Waals surface area contributed by atoms with Crippen molar-refractivity contribution in [1.82, 2.24) is 5.32 Å². The van der Waals surface area contributed by atoms with Crippen LogP contribution < -0.4 is 10.6 Å². The van der Waals surface area contributed by atoms with Gasteiger partial charge in [-0.2, -0.15) is 0 Å². The molecule has 0 saturated carbocycles. The number of hydrogen-bond acceptors (Lipinski definition) is 3. The van der Waals surface area contributed by atoms with Crippen molar-refractivity contribution in [3.63, 3.8) is 0 Å². The molecule has 3 nitrogen and oxygen atoms in total. The van der Waals surface area contributed by atoms with Crippen LogP contribution in [0.3, 0.4) is 0 Å². The fourth-order valence-electron chi connectivity index (χ4n) is 3.35. The molecule has 4 rings (SSSR count). The first-order chi connectivity index (χ1) is 11.0. The van der Waals surface area contributed by atoms with Crippen LogP contribution >= 0.6 is 34.5 Å². The maximum absolute atomic E-state index is 12.6. The summed E-state index contributed by atoms with van der Waals surface area (Å²) in [6.45, 7) is 2.27. The van der Waals surface area contributed by atoms with Crippen molar-refractivity contribution in [2.75, 3.05) is 5.32 Å². The lowest BCUT2D eigenvalue weighted by molar-refractivity contribution is 0.0935. The molecule has 0 spiro atoms. The zero-order chi connectivity index (χ0) is 16.1. The number of fused-ring (bicyclic) bond motifs is 3. The van der Waals surface area contributed by atoms with Gasteiger partial charge < -0.3 is 10.6 Å². The molecule has 0 radical (unpaired) electrons. The Morgan fingerprint density at radius 2 is 2.09 bits per heavy atom. The number of thiophene rings is 1. The van der Waals surface area contributed by atoms with Gasteiger partial charge in [0.1, 0.15) is 11.2 Å². The van der Waals surface area contributed by atoms with Crippen LogP contribution in [0.5, 0.6) is 0 Å². The van der Waals surface area contributed by atoms with Crippen LogP contribution in [0, 0.1) is 5.92 Å². The van der Waals surface area contributed by atoms with Crippen LogP contribution in [-0.4, -0.2) is 5.91 Å². The first-order valence-corrected chi connectivity index (χ1v) is 9.27. The van der Waals surface area contributed by atoms with Crippen LogP contribution in [0.15, 0.2) is 18.2 Å². The maximum Gasteiger partial charge on any atom is 0.256 e. The number of halogens is 2. The van der Waals surface area contributed by atoms with E-state index in [1.54, 1.807) is 23.5 Å². The van der Waals surface area contributed by atoms with Crippen LogP contribution in [0.2, 0.25) is 10.0 Å². The fourth-order valence-corrected chi connectivity index (χ4v) is 5.31. The number of carbonyl (C=O) groups is 1. The Hall–Kier alpha value is -1.23. The van der Waals surface area contributed by atoms with Crippen molar-refractivity contribution in [3.8, 4) is 0 Å². The van der Waals surface area contributed by atoms with Crippen LogP contribution in [0.25, 0.3) is 0 Å². The van der Waals surface area contributed by atoms with Gasteiger partial charge in [-0.1, -0.05) is 36.2 Å². The molecule has 2 unspecified atom stereocenters. The van der Waals surface area contributed by atoms with E-state index in [4.69, 9.17) is 23.2 Å². The Bertz CT molecular complexity index is 802. The van der Waals surface area contributed by atoms with Crippen molar-refractivity contribution in [1.29, 1.82) is 0 Å². The summed E-state index contributed by atoms with van der Waals surface area (Å²) >= 11 is 14.0. The van der Waals surface area contributed by atoms with E-state index >= 15 is 0 Å². The molecule has 1 aliphatic carbocycles. The predicted octanol–water partition coefficient (Wildman–Crippen LogP) is 5.03. The van der Waals surface area contributed by atoms with Gasteiger partial charge >= 0.3 is 0 Å². The standard InChI is InChI=1S/C17H16Cl2N2OS/c1-8-2-4-11-13(6-8)23-17-14(11)16(22)20-15(21-17)10-5-3-9(18)7-12(10)19/h3,5,7-8,15,21H,2,4,6H2,1H3,(H,20,22). The van der Waals surface area contributed by atoms with Gasteiger partial charge in [0.15, 0.2) is 0 Å². The van der Waals surface area contributed by atoms with Crippen molar-refractivity contribution in [2.45, 2.75) is 32.4 Å². The molecule has 2 aliphatic rings. The third-order valence-corrected chi connectivity index (χ3v) is 6.31. The summed E-state index contributed by atoms with van der Waals surface area (Å²) in [4.78, 5) is 14.0. The molecule has 23 heavy (non-hydrogen) atoms. The van der Waals surface area contributed by atoms with E-state index in [1.807, 2.05) is 6.07 Å². The van der Waals surface area contributed by atoms with Gasteiger partial charge in [-0.05, 0) is 42.9 Å². The molecule has 0 fully saturated rings. The molecule has 120 valence electrons. The molecular formula is C17H16Cl2N2OS. The lowest BCUT2D eigenvalue weighted by atomic mass is 9.88. The highest BCUT2D eigenvalue weighted by atomic mass is 35.5. The molecular weight excluding hydrogens is 351 g/mol. The number of rotatable bonds is 1. The second-order valence-electron chi connectivity index (χ2n) is 6.27. The van der Waals surface area contributed by atoms with Crippen LogP contribution in [-0.2, 0) is 12.8 Å². The quantitative estimate of drug-likeness (QED) is 0.742. The Morgan fingerprint density at radius 3 is 2.87 bits per heavy atom. The first-order valence-electron chi connectivity index (χ1n) is 7.70. The topological polar surface area (TPSA) is 41.1 Å². The van der Waals surface area contributed by atoms with Crippen molar-refractivity contribution in [3.05, 3.63) is 49.8 Å². The van der Waals surface area contributed by atoms with Crippen molar-refractivity contribution >= 4 is 45.4 Å². The SMILES string of the molecule is CC1CCc2c(sc3c2C(=O)NC(c2ccc(Cl)cc2Cl)N3)C1. The summed E-state index contributed by atoms with van der Waals surface area (Å²) in [6.07, 6.45) is 2.88. The molecule has 2 N–H and O–H groups in total. The highest BCUT2D eigenvalue weighted by Gasteiger charge is 2.33. The Labute approximate surface area is 149 Å². The van der Waals surface area contributed by atoms with E-state index < -0.39 is 0 Å². The van der Waals surface area contributed by atoms with E-state index in [1.165, 1.54) is 10.4 Å². The molecule has 2 aromatic rings. The normalized spacial score (nSPS) is 22.8. The van der Waals surface area contributed by atoms with Gasteiger partial charge in [0, 0.05) is 20.5 Å². The van der Waals surface area contributed by atoms with Gasteiger partial charge in [-0.15, -0.1) is 11.3 Å². The van der Waals surface area contributed by atoms with Crippen LogP contribution in [0.4, 0.5) is 5.00 Å². The number of nitrogens with one attached hydrogen (secondary N) is 2. The summed E-state index contributed by atoms with van der Waals surface area (Å²) in [6, 6.07) is 5.33. The summed E-state index contributed by atoms with van der Waals surface area (Å²) in [7, 11) is 0. The zero-order valence-corrected chi connectivity index (χ0v) is 14.9. The van der Waals surface area contributed by atoms with Gasteiger partial charge in [0.25, 0.3) is 5.91 Å². The number of carbonyl (C=O) groups excluding carboxylic acids is 1. The number of anilines is 1. The highest BCUT2D eigenvalue weighted by Crippen LogP contribution is 2.43. The van der Waals surface area contributed by atoms with E-state index in [-0.39, 0.29) is 12.1 Å². The molecule has 1 aromatic heterocycles. The Balaban J connectivity index is 1.71. The summed E-state index contributed by atoms with van der Waals surface area (Å²) < 4.78 is 0. The monoisotopic (exact) mass is 366 g/mol. The Kier molecular flexibility index (Phi) is 3.79. The summed E-state index contributed by atoms with van der Waals surface area (Å²) in [5, 5.41) is 8.56. The van der Waals surface area contributed by atoms with E-state index in [9.17, 15) is 4.79 Å². The molecule has 0 saturated heterocycles. The van der Waals surface area contributed by atoms with Gasteiger partial charge in [-0.25, -0.2) is 0 Å². The molecule has 1 amide bonds. The summed E-state index contributed by atoms with van der Waals surface area (Å²) in [5.41, 5.74) is 2.89. The third kappa shape index (κ3) is 2.63. The van der Waals surface area contributed by atoms with Gasteiger partial charge in [0.2, 0.25) is 0 Å². The third-order valence-electron chi connectivity index (χ3n) is 4.56. The minimum atomic E-state index is -0.322. The lowest BCUT2D eigenvalue weighted by Gasteiger charge is -2.27. The lowest BCUT2D eigenvalue weighted by Crippen LogP contribution is -2.38. The molecule has 1 aliphatic heterocycles. The largest absolute Gasteiger partial charge is 0.353 e. The zero-order valence-electron chi connectivity index (χ0n) is 12.6. The second kappa shape index (κ2) is 5.69. The number of benzene rings is 1. The first kappa shape index (κ1) is 15.3. The van der Waals surface area contributed by atoms with Gasteiger partial charge in [0.05, 0.1) is 5.56 Å². The molecule has 1 aromatic carbocycles.